The van der Waals surface area contributed by atoms with Crippen LogP contribution in [0, 0.1) is 10.1 Å². The van der Waals surface area contributed by atoms with E-state index in [0.717, 1.165) is 32.2 Å². The molecule has 4 aromatic rings. The third-order valence-electron chi connectivity index (χ3n) is 3.53. The van der Waals surface area contributed by atoms with Crippen molar-refractivity contribution in [1.82, 2.24) is 14.4 Å². The fourth-order valence-corrected chi connectivity index (χ4v) is 3.43. The van der Waals surface area contributed by atoms with E-state index in [1.54, 1.807) is 24.5 Å². The predicted octanol–water partition coefficient (Wildman–Crippen LogP) is 3.53. The minimum atomic E-state index is -0.517. The summed E-state index contributed by atoms with van der Waals surface area (Å²) in [5.41, 5.74) is 2.52. The molecule has 0 saturated carbocycles. The summed E-state index contributed by atoms with van der Waals surface area (Å²) in [6.45, 7) is 0. The van der Waals surface area contributed by atoms with Gasteiger partial charge >= 0.3 is 5.82 Å². The van der Waals surface area contributed by atoms with Crippen molar-refractivity contribution in [3.8, 4) is 17.0 Å². The first-order valence-corrected chi connectivity index (χ1v) is 7.54. The molecule has 0 atom stereocenters. The number of nitrogens with zero attached hydrogens (tertiary/aromatic N) is 4. The maximum absolute atomic E-state index is 10.7. The van der Waals surface area contributed by atoms with Crippen LogP contribution in [0.3, 0.4) is 0 Å². The lowest BCUT2D eigenvalue weighted by molar-refractivity contribution is -0.389. The Morgan fingerprint density at radius 2 is 2.17 bits per heavy atom. The van der Waals surface area contributed by atoms with E-state index in [2.05, 4.69) is 9.97 Å². The highest BCUT2D eigenvalue weighted by atomic mass is 32.1. The number of hydrogen-bond acceptors (Lipinski definition) is 6. The maximum atomic E-state index is 10.7. The van der Waals surface area contributed by atoms with Gasteiger partial charge in [-0.05, 0) is 34.2 Å². The molecule has 0 bridgehead atoms. The minimum Gasteiger partial charge on any atom is -0.497 e. The summed E-state index contributed by atoms with van der Waals surface area (Å²) in [6, 6.07) is 8.90. The molecule has 3 aromatic heterocycles. The van der Waals surface area contributed by atoms with Gasteiger partial charge in [0.15, 0.2) is 4.96 Å². The molecule has 0 amide bonds. The van der Waals surface area contributed by atoms with Crippen molar-refractivity contribution in [2.24, 2.45) is 0 Å². The van der Waals surface area contributed by atoms with Crippen LogP contribution in [0.15, 0.2) is 42.7 Å². The first-order chi connectivity index (χ1) is 11.2. The van der Waals surface area contributed by atoms with Crippen LogP contribution in [-0.4, -0.2) is 26.4 Å². The zero-order chi connectivity index (χ0) is 16.0. The highest BCUT2D eigenvalue weighted by Crippen LogP contribution is 2.31. The van der Waals surface area contributed by atoms with Gasteiger partial charge in [0, 0.05) is 17.8 Å². The average Bonchev–Trinajstić information content (AvgIpc) is 3.11. The van der Waals surface area contributed by atoms with Crippen molar-refractivity contribution in [1.29, 1.82) is 0 Å². The molecule has 0 aliphatic rings. The van der Waals surface area contributed by atoms with Crippen molar-refractivity contribution in [2.45, 2.75) is 0 Å². The second-order valence-corrected chi connectivity index (χ2v) is 5.89. The molecule has 0 aliphatic heterocycles. The lowest BCUT2D eigenvalue weighted by Gasteiger charge is -1.98. The number of pyridine rings is 1. The number of rotatable bonds is 3. The largest absolute Gasteiger partial charge is 0.497 e. The predicted molar refractivity (Wildman–Crippen MR) is 87.0 cm³/mol. The van der Waals surface area contributed by atoms with E-state index in [1.165, 1.54) is 12.3 Å². The summed E-state index contributed by atoms with van der Waals surface area (Å²) in [5, 5.41) is 10.7. The molecule has 0 spiro atoms. The maximum Gasteiger partial charge on any atom is 0.363 e. The zero-order valence-electron chi connectivity index (χ0n) is 12.0. The Kier molecular flexibility index (Phi) is 2.98. The summed E-state index contributed by atoms with van der Waals surface area (Å²) in [4.78, 5) is 19.4. The van der Waals surface area contributed by atoms with Crippen LogP contribution in [0.5, 0.6) is 5.75 Å². The smallest absolute Gasteiger partial charge is 0.363 e. The first-order valence-electron chi connectivity index (χ1n) is 6.72. The van der Waals surface area contributed by atoms with Gasteiger partial charge < -0.3 is 14.9 Å². The van der Waals surface area contributed by atoms with Crippen LogP contribution in [0.2, 0.25) is 0 Å². The molecule has 0 fully saturated rings. The molecule has 0 radical (unpaired) electrons. The Balaban J connectivity index is 1.81. The molecular weight excluding hydrogens is 316 g/mol. The van der Waals surface area contributed by atoms with Crippen molar-refractivity contribution < 1.29 is 9.66 Å². The standard InChI is InChI=1S/C15H10N4O3S/c1-22-10-3-4-12-13(6-10)23-15-17-11(8-18(12)15)9-2-5-14(16-7-9)19(20)21/h2-8H,1H3. The topological polar surface area (TPSA) is 82.6 Å². The zero-order valence-corrected chi connectivity index (χ0v) is 12.8. The monoisotopic (exact) mass is 326 g/mol. The molecule has 8 heteroatoms. The van der Waals surface area contributed by atoms with Crippen LogP contribution in [0.1, 0.15) is 0 Å². The van der Waals surface area contributed by atoms with E-state index >= 15 is 0 Å². The Hall–Kier alpha value is -3.00. The van der Waals surface area contributed by atoms with E-state index in [1.807, 2.05) is 28.8 Å². The van der Waals surface area contributed by atoms with Crippen LogP contribution >= 0.6 is 11.3 Å². The number of ether oxygens (including phenoxy) is 1. The van der Waals surface area contributed by atoms with Gasteiger partial charge in [0.1, 0.15) is 11.9 Å². The number of hydrogen-bond donors (Lipinski definition) is 0. The Labute approximate surface area is 133 Å². The van der Waals surface area contributed by atoms with Crippen LogP contribution in [0.25, 0.3) is 26.4 Å². The average molecular weight is 326 g/mol. The number of thiazole rings is 1. The number of aromatic nitrogens is 3. The molecule has 4 rings (SSSR count). The summed E-state index contributed by atoms with van der Waals surface area (Å²) >= 11 is 1.56. The molecule has 0 aliphatic carbocycles. The Morgan fingerprint density at radius 3 is 2.87 bits per heavy atom. The molecule has 1 aromatic carbocycles. The normalized spacial score (nSPS) is 11.2. The number of fused-ring (bicyclic) bond motifs is 3. The molecule has 23 heavy (non-hydrogen) atoms. The molecular formula is C15H10N4O3S. The summed E-state index contributed by atoms with van der Waals surface area (Å²) in [7, 11) is 1.64. The van der Waals surface area contributed by atoms with Crippen molar-refractivity contribution in [3.05, 3.63) is 52.8 Å². The van der Waals surface area contributed by atoms with E-state index in [0.29, 0.717) is 0 Å². The van der Waals surface area contributed by atoms with E-state index in [9.17, 15) is 10.1 Å². The van der Waals surface area contributed by atoms with Crippen LogP contribution < -0.4 is 4.74 Å². The number of nitro groups is 1. The fraction of sp³-hybridized carbons (Fsp3) is 0.0667. The van der Waals surface area contributed by atoms with Crippen molar-refractivity contribution >= 4 is 32.3 Å². The van der Waals surface area contributed by atoms with Crippen LogP contribution in [-0.2, 0) is 0 Å². The lowest BCUT2D eigenvalue weighted by atomic mass is 10.2. The highest BCUT2D eigenvalue weighted by molar-refractivity contribution is 7.23. The molecule has 0 unspecified atom stereocenters. The highest BCUT2D eigenvalue weighted by Gasteiger charge is 2.13. The van der Waals surface area contributed by atoms with Gasteiger partial charge in [-0.25, -0.2) is 4.98 Å². The second kappa shape index (κ2) is 5.03. The second-order valence-electron chi connectivity index (χ2n) is 4.88. The van der Waals surface area contributed by atoms with Gasteiger partial charge in [0.05, 0.1) is 23.0 Å². The first kappa shape index (κ1) is 13.6. The quantitative estimate of drug-likeness (QED) is 0.425. The molecule has 3 heterocycles. The summed E-state index contributed by atoms with van der Waals surface area (Å²) < 4.78 is 8.31. The van der Waals surface area contributed by atoms with Crippen molar-refractivity contribution in [3.63, 3.8) is 0 Å². The van der Waals surface area contributed by atoms with Crippen LogP contribution in [0.4, 0.5) is 5.82 Å². The molecule has 0 saturated heterocycles. The molecule has 114 valence electrons. The number of methoxy groups -OCH3 is 1. The Morgan fingerprint density at radius 1 is 1.30 bits per heavy atom. The lowest BCUT2D eigenvalue weighted by Crippen LogP contribution is -1.91. The van der Waals surface area contributed by atoms with Gasteiger partial charge in [-0.1, -0.05) is 11.3 Å². The van der Waals surface area contributed by atoms with Gasteiger partial charge in [-0.3, -0.25) is 4.40 Å². The third-order valence-corrected chi connectivity index (χ3v) is 4.55. The van der Waals surface area contributed by atoms with E-state index in [4.69, 9.17) is 4.74 Å². The van der Waals surface area contributed by atoms with Crippen molar-refractivity contribution in [2.75, 3.05) is 7.11 Å². The summed E-state index contributed by atoms with van der Waals surface area (Å²) in [6.07, 6.45) is 3.37. The SMILES string of the molecule is COc1ccc2c(c1)sc1nc(-c3ccc([N+](=O)[O-])nc3)cn12. The van der Waals surface area contributed by atoms with E-state index < -0.39 is 4.92 Å². The van der Waals surface area contributed by atoms with Gasteiger partial charge in [0.25, 0.3) is 0 Å². The van der Waals surface area contributed by atoms with Gasteiger partial charge in [-0.15, -0.1) is 0 Å². The fourth-order valence-electron chi connectivity index (χ4n) is 2.39. The summed E-state index contributed by atoms with van der Waals surface area (Å²) in [5.74, 6) is 0.633. The number of imidazole rings is 1. The molecule has 7 nitrogen and oxygen atoms in total. The van der Waals surface area contributed by atoms with Gasteiger partial charge in [0.2, 0.25) is 0 Å². The Bertz CT molecular complexity index is 1040. The van der Waals surface area contributed by atoms with Gasteiger partial charge in [-0.2, -0.15) is 0 Å². The minimum absolute atomic E-state index is 0.174. The molecule has 0 N–H and O–H groups in total. The third kappa shape index (κ3) is 2.20. The van der Waals surface area contributed by atoms with E-state index in [-0.39, 0.29) is 5.82 Å². The number of benzene rings is 1.